The van der Waals surface area contributed by atoms with Gasteiger partial charge in [-0.25, -0.2) is 52.6 Å². The second-order valence-electron chi connectivity index (χ2n) is 24.3. The molecule has 0 bridgehead atoms. The first-order valence-corrected chi connectivity index (χ1v) is 41.9. The van der Waals surface area contributed by atoms with Gasteiger partial charge in [-0.2, -0.15) is 0 Å². The Balaban J connectivity index is 0.000000238. The van der Waals surface area contributed by atoms with Crippen LogP contribution in [0.5, 0.6) is 0 Å². The van der Waals surface area contributed by atoms with Crippen LogP contribution in [0.2, 0.25) is 0 Å². The number of sulfonamides is 4. The summed E-state index contributed by atoms with van der Waals surface area (Å²) in [6.07, 6.45) is 0. The van der Waals surface area contributed by atoms with Gasteiger partial charge in [-0.05, 0) is 252 Å². The molecule has 120 heavy (non-hydrogen) atoms. The lowest BCUT2D eigenvalue weighted by Gasteiger charge is -2.14. The fourth-order valence-electron chi connectivity index (χ4n) is 10.0. The summed E-state index contributed by atoms with van der Waals surface area (Å²) in [6.45, 7) is -34.3. The van der Waals surface area contributed by atoms with Crippen molar-refractivity contribution in [1.82, 2.24) is 20.6 Å². The van der Waals surface area contributed by atoms with Crippen molar-refractivity contribution in [1.29, 1.82) is 0 Å². The minimum Gasteiger partial charge on any atom is -0.337 e. The van der Waals surface area contributed by atoms with Gasteiger partial charge in [0.15, 0.2) is 23.1 Å². The molecule has 0 fully saturated rings. The SMILES string of the molecule is [2H]C([2H])([2H])C(=O)c1cc(C([2H])([2H])[2H])cc(C([2H])([2H])[2H])c1NC(=O)c1sccc1S(=O)(=O)Nc1onc(C([2H])([2H])[2H])c1C.[2H]C([2H])([2H])C(=O)c1cc(C([2H])([2H])[2H])cc(C([2H])([2H])[2H])c1NC(=O)c1sccc1S(=O)(=O)Nc1onc(C)c1C.[2H]C([2H])([2H])C(=O)c1cc(C([2H])([2H])[2H])cc(C([2H])([2H])[2H])c1NC(=O)c1sccc1S(=O)(=O)Nc1onc(C)c1C([2H])([2H])[2H].[2H]C([2H])([2H])C(=O)c1cc(C)cc(C)c1NC(=O)c1sccc1S(=O)(=O)Nc1onc(C([2H])([2H])[2H])c1C([2H])([2H])[2H]. The first kappa shape index (κ1) is 49.6. The average molecular weight is 1830 g/mol. The number of amides is 4. The Bertz CT molecular complexity index is 8300. The van der Waals surface area contributed by atoms with Crippen LogP contribution in [0.15, 0.2) is 132 Å². The van der Waals surface area contributed by atoms with E-state index in [0.717, 1.165) is 29.6 Å². The van der Waals surface area contributed by atoms with E-state index < -0.39 is 329 Å². The highest BCUT2D eigenvalue weighted by Crippen LogP contribution is 2.36. The van der Waals surface area contributed by atoms with E-state index in [4.69, 9.17) is 75.7 Å². The van der Waals surface area contributed by atoms with E-state index in [2.05, 4.69) is 46.6 Å². The zero-order valence-corrected chi connectivity index (χ0v) is 68.0. The van der Waals surface area contributed by atoms with Crippen LogP contribution in [0.3, 0.4) is 0 Å². The fourth-order valence-corrected chi connectivity index (χ4v) is 19.4. The van der Waals surface area contributed by atoms with Gasteiger partial charge < -0.3 is 39.4 Å². The van der Waals surface area contributed by atoms with Crippen molar-refractivity contribution < 1.29 is 148 Å². The van der Waals surface area contributed by atoms with Crippen molar-refractivity contribution in [2.24, 2.45) is 0 Å². The van der Waals surface area contributed by atoms with Crippen molar-refractivity contribution in [3.63, 3.8) is 0 Å². The van der Waals surface area contributed by atoms with E-state index in [0.29, 0.717) is 104 Å². The van der Waals surface area contributed by atoms with E-state index in [-0.39, 0.29) is 28.4 Å². The number of nitrogens with one attached hydrogen (secondary N) is 8. The van der Waals surface area contributed by atoms with E-state index >= 15 is 0 Å². The van der Waals surface area contributed by atoms with Crippen molar-refractivity contribution in [2.45, 2.75) is 157 Å². The molecule has 0 aliphatic heterocycles. The minimum atomic E-state index is -4.75. The number of benzene rings is 4. The lowest BCUT2D eigenvalue weighted by atomic mass is 10.0. The summed E-state index contributed by atoms with van der Waals surface area (Å²) in [5, 5.41) is 27.2. The van der Waals surface area contributed by atoms with Crippen LogP contribution in [-0.4, -0.2) is 101 Å². The van der Waals surface area contributed by atoms with Crippen LogP contribution in [0.1, 0.15) is 255 Å². The molecular weight excluding hydrogens is 1710 g/mol. The van der Waals surface area contributed by atoms with Crippen molar-refractivity contribution in [3.05, 3.63) is 226 Å². The smallest absolute Gasteiger partial charge is 0.267 e. The van der Waals surface area contributed by atoms with Crippen LogP contribution in [-0.2, 0) is 40.1 Å². The maximum absolute atomic E-state index is 13.3. The fraction of sp³-hybridized carbons (Fsp3) is 0.250. The third-order valence-electron chi connectivity index (χ3n) is 15.9. The number of aromatic nitrogens is 4. The van der Waals surface area contributed by atoms with Gasteiger partial charge in [0.25, 0.3) is 63.7 Å². The molecule has 0 saturated heterocycles. The average Bonchev–Trinajstić information content (AvgIpc) is 1.42. The number of rotatable bonds is 24. The molecular formula is C80H84N12O20S8. The summed E-state index contributed by atoms with van der Waals surface area (Å²) in [5.41, 5.74) is -11.7. The Morgan fingerprint density at radius 2 is 0.558 bits per heavy atom. The second-order valence-corrected chi connectivity index (χ2v) is 34.5. The van der Waals surface area contributed by atoms with E-state index in [1.165, 1.54) is 43.0 Å². The maximum atomic E-state index is 13.3. The third kappa shape index (κ3) is 21.0. The summed E-state index contributed by atoms with van der Waals surface area (Å²) < 4.78 is 452. The van der Waals surface area contributed by atoms with Crippen LogP contribution >= 0.6 is 45.3 Å². The van der Waals surface area contributed by atoms with Gasteiger partial charge in [-0.1, -0.05) is 44.9 Å². The third-order valence-corrected chi connectivity index (χ3v) is 25.5. The van der Waals surface area contributed by atoms with Gasteiger partial charge in [-0.15, -0.1) is 45.3 Å². The molecule has 4 amide bonds. The molecule has 8 heterocycles. The molecule has 0 aliphatic rings. The number of nitrogens with zero attached hydrogens (tertiary/aromatic N) is 4. The van der Waals surface area contributed by atoms with E-state index in [1.807, 2.05) is 14.2 Å². The van der Waals surface area contributed by atoms with E-state index in [9.17, 15) is 72.0 Å². The number of Topliss-reactive ketones (excluding diaryl/α,β-unsaturated/α-hetero) is 4. The van der Waals surface area contributed by atoms with Gasteiger partial charge in [0.05, 0.1) is 45.5 Å². The molecule has 12 aromatic rings. The number of hydrogen-bond donors (Lipinski definition) is 8. The minimum absolute atomic E-state index is 0.125. The van der Waals surface area contributed by atoms with Crippen molar-refractivity contribution in [3.8, 4) is 0 Å². The van der Waals surface area contributed by atoms with Crippen LogP contribution in [0, 0.1) is 110 Å². The van der Waals surface area contributed by atoms with Crippen LogP contribution < -0.4 is 40.2 Å². The predicted molar refractivity (Wildman–Crippen MR) is 460 cm³/mol. The maximum Gasteiger partial charge on any atom is 0.267 e. The molecule has 0 radical (unpaired) electrons. The monoisotopic (exact) mass is 1830 g/mol. The van der Waals surface area contributed by atoms with Gasteiger partial charge in [0, 0.05) is 102 Å². The molecule has 8 N–H and O–H groups in total. The molecule has 40 heteroatoms. The molecule has 0 atom stereocenters. The van der Waals surface area contributed by atoms with E-state index in [1.54, 1.807) is 26.8 Å². The van der Waals surface area contributed by atoms with Crippen molar-refractivity contribution >= 4 is 178 Å². The highest BCUT2D eigenvalue weighted by atomic mass is 32.2. The Hall–Kier alpha value is -11.9. The molecule has 0 unspecified atom stereocenters. The molecule has 32 nitrogen and oxygen atoms in total. The molecule has 632 valence electrons. The number of anilines is 8. The highest BCUT2D eigenvalue weighted by molar-refractivity contribution is 7.94. The Kier molecular flexibility index (Phi) is 15.4. The van der Waals surface area contributed by atoms with Crippen LogP contribution in [0.4, 0.5) is 46.3 Å². The summed E-state index contributed by atoms with van der Waals surface area (Å²) >= 11 is 2.48. The number of aryl methyl sites for hydroxylation is 12. The molecule has 8 aromatic heterocycles. The number of ketones is 4. The first-order valence-electron chi connectivity index (χ1n) is 53.4. The number of hydrogen-bond acceptors (Lipinski definition) is 28. The zero-order chi connectivity index (χ0) is 124. The summed E-state index contributed by atoms with van der Waals surface area (Å²) in [5.74, 6) is -13.4. The molecule has 0 spiro atoms. The molecule has 0 aliphatic carbocycles. The second kappa shape index (κ2) is 37.2. The Morgan fingerprint density at radius 3 is 0.825 bits per heavy atom. The largest absolute Gasteiger partial charge is 0.337 e. The van der Waals surface area contributed by atoms with Gasteiger partial charge in [0.1, 0.15) is 39.1 Å². The standard InChI is InChI=1S/4C20H21N3O5S2/c4*1-10-8-11(2)17(15(9-10)14(5)24)21-19(25)18-16(6-7-29-18)30(26,27)23-20-12(3)13(4)22-28-20/h4*6-9,23H,1-5H3,(H,21,25)/i1D3,2D3,4D3,5D3;1D3,2D3,3D3,5D3;3D3,4D3,5D3;1D3,2D3,5D3. The molecule has 0 saturated carbocycles. The Morgan fingerprint density at radius 1 is 0.308 bits per heavy atom. The summed E-state index contributed by atoms with van der Waals surface area (Å²) in [4.78, 5) is 99.5. The quantitative estimate of drug-likeness (QED) is 0.0260. The molecule has 4 aromatic carbocycles. The topological polar surface area (TPSA) is 473 Å². The summed E-state index contributed by atoms with van der Waals surface area (Å²) in [7, 11) is -18.6. The normalized spacial score (nSPS) is 18.0. The predicted octanol–water partition coefficient (Wildman–Crippen LogP) is 16.9. The summed E-state index contributed by atoms with van der Waals surface area (Å²) in [6, 6.07) is 11.0. The number of carbonyl (C=O) groups is 8. The number of carbonyl (C=O) groups excluding carboxylic acids is 8. The van der Waals surface area contributed by atoms with Gasteiger partial charge >= 0.3 is 0 Å². The van der Waals surface area contributed by atoms with Gasteiger partial charge in [0.2, 0.25) is 23.5 Å². The lowest BCUT2D eigenvalue weighted by Crippen LogP contribution is -2.20. The zero-order valence-electron chi connectivity index (χ0n) is 103. The van der Waals surface area contributed by atoms with Crippen LogP contribution in [0.25, 0.3) is 0 Å². The highest BCUT2D eigenvalue weighted by Gasteiger charge is 2.33. The van der Waals surface area contributed by atoms with Gasteiger partial charge in [-0.3, -0.25) is 38.4 Å². The molecule has 12 rings (SSSR count). The lowest BCUT2D eigenvalue weighted by molar-refractivity contribution is 0.100. The number of thiophene rings is 4. The van der Waals surface area contributed by atoms with Crippen molar-refractivity contribution in [2.75, 3.05) is 40.2 Å². The Labute approximate surface area is 766 Å². The first-order chi connectivity index (χ1) is 73.0.